The van der Waals surface area contributed by atoms with Gasteiger partial charge < -0.3 is 4.74 Å². The smallest absolute Gasteiger partial charge is 0.359 e. The molecule has 0 aliphatic rings. The minimum absolute atomic E-state index is 0.0367. The Kier molecular flexibility index (Phi) is 4.00. The Hall–Kier alpha value is -3.86. The second-order valence-corrected chi connectivity index (χ2v) is 7.57. The number of nitrogens with zero attached hydrogens (tertiary/aromatic N) is 6. The highest BCUT2D eigenvalue weighted by molar-refractivity contribution is 7.17. The standard InChI is InChI=1S/C19H14N6O4S/c1-23-17(27)15-12(7-8-30-15)25-13(20-21-19(23)25)9-29-18(28)14-10-5-3-4-6-11(10)16(26)24(2)22-14/h3-8H,9H2,1-2H3. The molecule has 0 radical (unpaired) electrons. The van der Waals surface area contributed by atoms with E-state index in [0.717, 1.165) is 4.68 Å². The van der Waals surface area contributed by atoms with Crippen LogP contribution in [0.25, 0.3) is 26.8 Å². The first-order chi connectivity index (χ1) is 14.5. The SMILES string of the molecule is Cn1nc(C(=O)OCc2nnc3n(C)c(=O)c4sccc4n23)c2ccccc2c1=O. The maximum atomic E-state index is 12.8. The van der Waals surface area contributed by atoms with Crippen molar-refractivity contribution in [3.8, 4) is 0 Å². The summed E-state index contributed by atoms with van der Waals surface area (Å²) in [6.07, 6.45) is 0. The minimum atomic E-state index is -0.690. The molecule has 0 atom stereocenters. The molecule has 0 aliphatic heterocycles. The van der Waals surface area contributed by atoms with Crippen molar-refractivity contribution in [2.45, 2.75) is 6.61 Å². The summed E-state index contributed by atoms with van der Waals surface area (Å²) in [6.45, 7) is -0.179. The molecule has 0 saturated carbocycles. The number of esters is 1. The Morgan fingerprint density at radius 1 is 1.07 bits per heavy atom. The molecule has 150 valence electrons. The number of rotatable bonds is 3. The van der Waals surface area contributed by atoms with Gasteiger partial charge in [-0.2, -0.15) is 5.10 Å². The van der Waals surface area contributed by atoms with Crippen molar-refractivity contribution in [2.75, 3.05) is 0 Å². The van der Waals surface area contributed by atoms with Gasteiger partial charge >= 0.3 is 5.97 Å². The molecule has 0 aliphatic carbocycles. The monoisotopic (exact) mass is 422 g/mol. The average Bonchev–Trinajstić information content (AvgIpc) is 3.40. The molecule has 11 heteroatoms. The second-order valence-electron chi connectivity index (χ2n) is 6.65. The van der Waals surface area contributed by atoms with E-state index in [0.29, 0.717) is 32.6 Å². The summed E-state index contributed by atoms with van der Waals surface area (Å²) in [5.41, 5.74) is 0.227. The van der Waals surface area contributed by atoms with Crippen LogP contribution in [0.15, 0.2) is 45.3 Å². The Morgan fingerprint density at radius 2 is 1.83 bits per heavy atom. The molecule has 0 spiro atoms. The third kappa shape index (κ3) is 2.55. The van der Waals surface area contributed by atoms with Crippen molar-refractivity contribution in [3.05, 3.63) is 67.9 Å². The van der Waals surface area contributed by atoms with Crippen LogP contribution in [0.3, 0.4) is 0 Å². The molecule has 5 aromatic rings. The Balaban J connectivity index is 1.55. The second kappa shape index (κ2) is 6.59. The first-order valence-electron chi connectivity index (χ1n) is 8.90. The third-order valence-corrected chi connectivity index (χ3v) is 5.77. The number of fused-ring (bicyclic) bond motifs is 4. The third-order valence-electron chi connectivity index (χ3n) is 4.88. The molecule has 0 unspecified atom stereocenters. The minimum Gasteiger partial charge on any atom is -0.453 e. The van der Waals surface area contributed by atoms with Crippen LogP contribution in [0.5, 0.6) is 0 Å². The predicted molar refractivity (Wildman–Crippen MR) is 110 cm³/mol. The molecule has 0 bridgehead atoms. The Labute approximate surface area is 171 Å². The fraction of sp³-hybridized carbons (Fsp3) is 0.158. The van der Waals surface area contributed by atoms with Crippen LogP contribution in [-0.2, 0) is 25.4 Å². The van der Waals surface area contributed by atoms with Gasteiger partial charge in [0.1, 0.15) is 4.70 Å². The number of carbonyl (C=O) groups excluding carboxylic acids is 1. The Bertz CT molecular complexity index is 1590. The maximum absolute atomic E-state index is 12.8. The molecule has 30 heavy (non-hydrogen) atoms. The van der Waals surface area contributed by atoms with Gasteiger partial charge in [-0.25, -0.2) is 9.48 Å². The van der Waals surface area contributed by atoms with Crippen molar-refractivity contribution in [3.63, 3.8) is 0 Å². The summed E-state index contributed by atoms with van der Waals surface area (Å²) in [5, 5.41) is 14.8. The van der Waals surface area contributed by atoms with E-state index in [1.54, 1.807) is 41.8 Å². The average molecular weight is 422 g/mol. The van der Waals surface area contributed by atoms with Crippen LogP contribution in [-0.4, -0.2) is 34.9 Å². The predicted octanol–water partition coefficient (Wildman–Crippen LogP) is 1.25. The maximum Gasteiger partial charge on any atom is 0.359 e. The number of ether oxygens (including phenoxy) is 1. The van der Waals surface area contributed by atoms with Gasteiger partial charge in [0.25, 0.3) is 11.1 Å². The fourth-order valence-electron chi connectivity index (χ4n) is 3.40. The summed E-state index contributed by atoms with van der Waals surface area (Å²) >= 11 is 1.32. The number of hydrogen-bond donors (Lipinski definition) is 0. The molecule has 0 amide bonds. The summed E-state index contributed by atoms with van der Waals surface area (Å²) in [7, 11) is 3.09. The van der Waals surface area contributed by atoms with Crippen molar-refractivity contribution >= 4 is 44.1 Å². The summed E-state index contributed by atoms with van der Waals surface area (Å²) in [6, 6.07) is 8.52. The largest absolute Gasteiger partial charge is 0.453 e. The first kappa shape index (κ1) is 18.2. The van der Waals surface area contributed by atoms with E-state index in [2.05, 4.69) is 15.3 Å². The van der Waals surface area contributed by atoms with Crippen LogP contribution >= 0.6 is 11.3 Å². The van der Waals surface area contributed by atoms with E-state index >= 15 is 0 Å². The molecule has 1 aromatic carbocycles. The van der Waals surface area contributed by atoms with Crippen LogP contribution in [0.1, 0.15) is 16.3 Å². The van der Waals surface area contributed by atoms with E-state index in [1.165, 1.54) is 23.0 Å². The molecule has 0 N–H and O–H groups in total. The van der Waals surface area contributed by atoms with Crippen LogP contribution in [0, 0.1) is 0 Å². The molecular formula is C19H14N6O4S. The van der Waals surface area contributed by atoms with Crippen LogP contribution in [0.4, 0.5) is 0 Å². The van der Waals surface area contributed by atoms with Crippen LogP contribution < -0.4 is 11.1 Å². The summed E-state index contributed by atoms with van der Waals surface area (Å²) in [5.74, 6) is 0.0269. The molecular weight excluding hydrogens is 408 g/mol. The van der Waals surface area contributed by atoms with Gasteiger partial charge in [-0.3, -0.25) is 18.6 Å². The van der Waals surface area contributed by atoms with E-state index in [1.807, 2.05) is 5.38 Å². The summed E-state index contributed by atoms with van der Waals surface area (Å²) in [4.78, 5) is 37.4. The van der Waals surface area contributed by atoms with E-state index in [4.69, 9.17) is 4.74 Å². The van der Waals surface area contributed by atoms with Crippen molar-refractivity contribution in [1.82, 2.24) is 28.9 Å². The van der Waals surface area contributed by atoms with Gasteiger partial charge in [0.05, 0.1) is 10.9 Å². The normalized spacial score (nSPS) is 11.5. The van der Waals surface area contributed by atoms with Crippen molar-refractivity contribution in [2.24, 2.45) is 14.1 Å². The quantitative estimate of drug-likeness (QED) is 0.402. The number of aromatic nitrogens is 6. The summed E-state index contributed by atoms with van der Waals surface area (Å²) < 4.78 is 10.2. The zero-order valence-electron chi connectivity index (χ0n) is 15.9. The molecule has 10 nitrogen and oxygen atoms in total. The number of thiophene rings is 1. The van der Waals surface area contributed by atoms with Gasteiger partial charge in [0, 0.05) is 19.5 Å². The van der Waals surface area contributed by atoms with E-state index < -0.39 is 5.97 Å². The van der Waals surface area contributed by atoms with Gasteiger partial charge in [-0.15, -0.1) is 21.5 Å². The highest BCUT2D eigenvalue weighted by atomic mass is 32.1. The van der Waals surface area contributed by atoms with Crippen molar-refractivity contribution < 1.29 is 9.53 Å². The van der Waals surface area contributed by atoms with Gasteiger partial charge in [-0.05, 0) is 17.5 Å². The van der Waals surface area contributed by atoms with Crippen molar-refractivity contribution in [1.29, 1.82) is 0 Å². The molecule has 0 fully saturated rings. The molecule has 5 rings (SSSR count). The number of hydrogen-bond acceptors (Lipinski definition) is 8. The number of benzene rings is 1. The molecule has 0 saturated heterocycles. The number of aryl methyl sites for hydroxylation is 2. The lowest BCUT2D eigenvalue weighted by Crippen LogP contribution is -2.24. The lowest BCUT2D eigenvalue weighted by Gasteiger charge is -2.08. The van der Waals surface area contributed by atoms with E-state index in [9.17, 15) is 14.4 Å². The zero-order valence-corrected chi connectivity index (χ0v) is 16.7. The highest BCUT2D eigenvalue weighted by Crippen LogP contribution is 2.20. The lowest BCUT2D eigenvalue weighted by atomic mass is 10.1. The van der Waals surface area contributed by atoms with Gasteiger partial charge in [0.2, 0.25) is 5.78 Å². The van der Waals surface area contributed by atoms with E-state index in [-0.39, 0.29) is 23.4 Å². The highest BCUT2D eigenvalue weighted by Gasteiger charge is 2.20. The topological polar surface area (TPSA) is 113 Å². The number of carbonyl (C=O) groups is 1. The fourth-order valence-corrected chi connectivity index (χ4v) is 4.25. The lowest BCUT2D eigenvalue weighted by molar-refractivity contribution is 0.0454. The Morgan fingerprint density at radius 3 is 2.63 bits per heavy atom. The zero-order chi connectivity index (χ0) is 21.0. The molecule has 4 heterocycles. The van der Waals surface area contributed by atoms with Gasteiger partial charge in [0.15, 0.2) is 18.1 Å². The van der Waals surface area contributed by atoms with Crippen LogP contribution in [0.2, 0.25) is 0 Å². The van der Waals surface area contributed by atoms with Gasteiger partial charge in [-0.1, -0.05) is 18.2 Å². The molecule has 4 aromatic heterocycles. The first-order valence-corrected chi connectivity index (χ1v) is 9.78.